The zero-order chi connectivity index (χ0) is 53.9. The third-order valence-corrected chi connectivity index (χ3v) is 13.2. The molecule has 0 aromatic carbocycles. The normalized spacial score (nSPS) is 49.8. The number of nitrogens with one attached hydrogen (secondary N) is 2. The van der Waals surface area contributed by atoms with Crippen LogP contribution in [0.1, 0.15) is 13.8 Å². The number of aliphatic hydroxyl groups excluding tert-OH is 18. The van der Waals surface area contributed by atoms with Crippen LogP contribution >= 0.6 is 0 Å². The number of carbonyl (C=O) groups is 2. The van der Waals surface area contributed by atoms with Crippen molar-refractivity contribution in [1.82, 2.24) is 10.6 Å². The van der Waals surface area contributed by atoms with Gasteiger partial charge in [-0.1, -0.05) is 0 Å². The molecule has 0 spiro atoms. The van der Waals surface area contributed by atoms with Crippen LogP contribution in [0.15, 0.2) is 0 Å². The molecule has 6 aliphatic rings. The highest BCUT2D eigenvalue weighted by molar-refractivity contribution is 5.73. The van der Waals surface area contributed by atoms with Crippen molar-refractivity contribution in [3.8, 4) is 0 Å². The van der Waals surface area contributed by atoms with Crippen LogP contribution in [0.4, 0.5) is 0 Å². The average molecular weight is 1070 g/mol. The Labute approximate surface area is 413 Å². The number of hydrogen-bond acceptors (Lipinski definition) is 31. The maximum Gasteiger partial charge on any atom is 0.217 e. The van der Waals surface area contributed by atoms with E-state index in [0.29, 0.717) is 0 Å². The molecule has 33 heteroatoms. The lowest BCUT2D eigenvalue weighted by molar-refractivity contribution is -0.384. The molecule has 6 aliphatic heterocycles. The van der Waals surface area contributed by atoms with Crippen molar-refractivity contribution in [2.75, 3.05) is 39.6 Å². The first-order valence-corrected chi connectivity index (χ1v) is 23.1. The first kappa shape index (κ1) is 60.0. The summed E-state index contributed by atoms with van der Waals surface area (Å²) in [6.07, 6.45) is -53.0. The fraction of sp³-hybridized carbons (Fsp3) is 0.950. The SMILES string of the molecule is CC(=O)N[C@H]1[C@H](OC[C@H]2O[C@@H](O[C@H]3[C@H](O)[C@@H](O)[C@H](O)O[C@@H]3CO)[C@H](O)[C@@H](O[C@@H]3O[C@H](CO)[C@@H](O[C@@H]4O[C@H](CO)[C@H](O)[C@H](O)[C@H]4O)[C@H](O)[C@H]3NC(C)=O)[C@H]2O)O[C@H](CO)[C@@H](O[C@@H]2O[C@H](CO)[C@H](O)[C@H](O)[C@H]2O)[C@@H]1O. The third kappa shape index (κ3) is 13.0. The molecule has 0 bridgehead atoms. The van der Waals surface area contributed by atoms with E-state index >= 15 is 0 Å². The maximum absolute atomic E-state index is 12.6. The van der Waals surface area contributed by atoms with Crippen LogP contribution in [0.2, 0.25) is 0 Å². The molecule has 20 N–H and O–H groups in total. The van der Waals surface area contributed by atoms with Crippen LogP contribution in [-0.2, 0) is 61.7 Å². The Bertz CT molecular complexity index is 1740. The number of hydrogen-bond donors (Lipinski definition) is 20. The molecular weight excluding hydrogens is 1000 g/mol. The van der Waals surface area contributed by atoms with E-state index in [0.717, 1.165) is 13.8 Å². The molecule has 2 amide bonds. The molecule has 6 heterocycles. The van der Waals surface area contributed by atoms with Crippen molar-refractivity contribution in [1.29, 1.82) is 0 Å². The molecular formula is C40H68N2O31. The standard InChI is InChI=1S/C40H68N2O31/c1-9(48)41-17-22(53)31(70-38-28(59)24(55)19(50)11(3-43)65-38)14(6-46)67-36(17)63-8-16-21(52)34(30(61)40(69-16)72-33-13(5-45)64-35(62)27(58)26(33)57)73-37-18(42-10(2)49)23(54)32(15(7-47)68-37)71-39-29(60)25(56)20(51)12(4-44)66-39/h11-40,43-47,50-62H,3-8H2,1-2H3,(H,41,48)(H,42,49)/t11-,12-,13-,14-,15-,16-,17-,18-,19+,20+,21+,22-,23-,24+,25+,26-,27-,28-,29-,30-,31-,32-,33-,34+,35-,36-,37+,38+,39+,40+/m1/s1. The quantitative estimate of drug-likeness (QED) is 0.0606. The highest BCUT2D eigenvalue weighted by Crippen LogP contribution is 2.36. The molecule has 33 nitrogen and oxygen atoms in total. The zero-order valence-corrected chi connectivity index (χ0v) is 38.9. The largest absolute Gasteiger partial charge is 0.394 e. The summed E-state index contributed by atoms with van der Waals surface area (Å²) in [6, 6.07) is -3.46. The molecule has 0 aliphatic carbocycles. The van der Waals surface area contributed by atoms with E-state index in [9.17, 15) is 102 Å². The van der Waals surface area contributed by atoms with Gasteiger partial charge >= 0.3 is 0 Å². The van der Waals surface area contributed by atoms with Crippen LogP contribution < -0.4 is 10.6 Å². The number of rotatable bonds is 18. The van der Waals surface area contributed by atoms with Gasteiger partial charge in [-0.3, -0.25) is 9.59 Å². The van der Waals surface area contributed by atoms with E-state index in [4.69, 9.17) is 52.1 Å². The molecule has 0 saturated carbocycles. The summed E-state index contributed by atoms with van der Waals surface area (Å²) < 4.78 is 62.7. The smallest absolute Gasteiger partial charge is 0.217 e. The van der Waals surface area contributed by atoms with Gasteiger partial charge in [0, 0.05) is 13.8 Å². The molecule has 0 unspecified atom stereocenters. The highest BCUT2D eigenvalue weighted by atomic mass is 16.8. The van der Waals surface area contributed by atoms with Crippen molar-refractivity contribution < 1.29 is 154 Å². The van der Waals surface area contributed by atoms with Crippen LogP contribution in [-0.4, -0.2) is 327 Å². The Morgan fingerprint density at radius 2 is 0.712 bits per heavy atom. The van der Waals surface area contributed by atoms with Crippen molar-refractivity contribution in [3.63, 3.8) is 0 Å². The number of ether oxygens (including phenoxy) is 11. The minimum Gasteiger partial charge on any atom is -0.394 e. The fourth-order valence-corrected chi connectivity index (χ4v) is 9.22. The predicted octanol–water partition coefficient (Wildman–Crippen LogP) is -13.8. The summed E-state index contributed by atoms with van der Waals surface area (Å²) in [7, 11) is 0. The molecule has 30 atom stereocenters. The predicted molar refractivity (Wildman–Crippen MR) is 222 cm³/mol. The van der Waals surface area contributed by atoms with Gasteiger partial charge in [-0.05, 0) is 0 Å². The molecule has 6 saturated heterocycles. The second kappa shape index (κ2) is 26.0. The van der Waals surface area contributed by atoms with E-state index in [2.05, 4.69) is 10.6 Å². The molecule has 6 rings (SSSR count). The van der Waals surface area contributed by atoms with Crippen LogP contribution in [0.25, 0.3) is 0 Å². The summed E-state index contributed by atoms with van der Waals surface area (Å²) in [4.78, 5) is 25.1. The van der Waals surface area contributed by atoms with Gasteiger partial charge in [-0.25, -0.2) is 0 Å². The minimum atomic E-state index is -2.25. The van der Waals surface area contributed by atoms with Gasteiger partial charge in [0.15, 0.2) is 37.7 Å². The van der Waals surface area contributed by atoms with Crippen molar-refractivity contribution in [3.05, 3.63) is 0 Å². The number of amides is 2. The third-order valence-electron chi connectivity index (χ3n) is 13.2. The van der Waals surface area contributed by atoms with Crippen molar-refractivity contribution in [2.24, 2.45) is 0 Å². The first-order chi connectivity index (χ1) is 34.5. The van der Waals surface area contributed by atoms with E-state index < -0.39 is 236 Å². The van der Waals surface area contributed by atoms with Gasteiger partial charge in [-0.15, -0.1) is 0 Å². The monoisotopic (exact) mass is 1070 g/mol. The van der Waals surface area contributed by atoms with Gasteiger partial charge in [0.1, 0.15) is 146 Å². The van der Waals surface area contributed by atoms with E-state index in [1.54, 1.807) is 0 Å². The topological polar surface area (TPSA) is 524 Å². The van der Waals surface area contributed by atoms with Crippen molar-refractivity contribution in [2.45, 2.75) is 198 Å². The number of aliphatic hydroxyl groups is 18. The van der Waals surface area contributed by atoms with Crippen LogP contribution in [0, 0.1) is 0 Å². The van der Waals surface area contributed by atoms with E-state index in [1.807, 2.05) is 0 Å². The van der Waals surface area contributed by atoms with Gasteiger partial charge in [0.25, 0.3) is 0 Å². The second-order valence-corrected chi connectivity index (χ2v) is 18.3. The Balaban J connectivity index is 1.27. The fourth-order valence-electron chi connectivity index (χ4n) is 9.22. The van der Waals surface area contributed by atoms with E-state index in [-0.39, 0.29) is 0 Å². The molecule has 6 fully saturated rings. The molecule has 424 valence electrons. The second-order valence-electron chi connectivity index (χ2n) is 18.3. The number of carbonyl (C=O) groups excluding carboxylic acids is 2. The lowest BCUT2D eigenvalue weighted by Gasteiger charge is -2.50. The van der Waals surface area contributed by atoms with Crippen LogP contribution in [0.5, 0.6) is 0 Å². The van der Waals surface area contributed by atoms with Gasteiger partial charge in [0.2, 0.25) is 11.8 Å². The summed E-state index contributed by atoms with van der Waals surface area (Å²) in [5, 5.41) is 196. The van der Waals surface area contributed by atoms with E-state index in [1.165, 1.54) is 0 Å². The Hall–Kier alpha value is -2.22. The molecule has 0 aromatic heterocycles. The Morgan fingerprint density at radius 3 is 1.15 bits per heavy atom. The molecule has 0 radical (unpaired) electrons. The maximum atomic E-state index is 12.6. The van der Waals surface area contributed by atoms with Gasteiger partial charge in [0.05, 0.1) is 39.6 Å². The Kier molecular flexibility index (Phi) is 21.3. The van der Waals surface area contributed by atoms with Gasteiger partial charge in [-0.2, -0.15) is 0 Å². The molecule has 73 heavy (non-hydrogen) atoms. The highest BCUT2D eigenvalue weighted by Gasteiger charge is 2.57. The molecule has 0 aromatic rings. The summed E-state index contributed by atoms with van der Waals surface area (Å²) in [5.41, 5.74) is 0. The Morgan fingerprint density at radius 1 is 0.356 bits per heavy atom. The first-order valence-electron chi connectivity index (χ1n) is 23.1. The summed E-state index contributed by atoms with van der Waals surface area (Å²) in [5.74, 6) is -1.66. The van der Waals surface area contributed by atoms with Gasteiger partial charge < -0.3 is 155 Å². The average Bonchev–Trinajstić information content (AvgIpc) is 3.36. The lowest BCUT2D eigenvalue weighted by atomic mass is 9.94. The van der Waals surface area contributed by atoms with Crippen LogP contribution in [0.3, 0.4) is 0 Å². The zero-order valence-electron chi connectivity index (χ0n) is 38.9. The lowest BCUT2D eigenvalue weighted by Crippen LogP contribution is -2.70. The summed E-state index contributed by atoms with van der Waals surface area (Å²) >= 11 is 0. The summed E-state index contributed by atoms with van der Waals surface area (Å²) in [6.45, 7) is -3.61. The minimum absolute atomic E-state index is 0.807. The van der Waals surface area contributed by atoms with Crippen molar-refractivity contribution >= 4 is 11.8 Å².